The van der Waals surface area contributed by atoms with E-state index >= 15 is 0 Å². The lowest BCUT2D eigenvalue weighted by atomic mass is 10.1. The molecular formula is C12H16BrF2NOS. The Morgan fingerprint density at radius 2 is 1.89 bits per heavy atom. The summed E-state index contributed by atoms with van der Waals surface area (Å²) in [7, 11) is 0. The molecule has 1 aromatic rings. The van der Waals surface area contributed by atoms with Crippen LogP contribution in [0.25, 0.3) is 0 Å². The predicted molar refractivity (Wildman–Crippen MR) is 73.5 cm³/mol. The summed E-state index contributed by atoms with van der Waals surface area (Å²) in [5.41, 5.74) is 0.152. The maximum atomic E-state index is 13.6. The average Bonchev–Trinajstić information content (AvgIpc) is 2.21. The minimum absolute atomic E-state index is 0.152. The lowest BCUT2D eigenvalue weighted by molar-refractivity contribution is 0.481. The van der Waals surface area contributed by atoms with E-state index in [1.807, 2.05) is 0 Å². The molecule has 0 aliphatic heterocycles. The Bertz CT molecular complexity index is 437. The van der Waals surface area contributed by atoms with Gasteiger partial charge in [0.1, 0.15) is 4.75 Å². The maximum Gasteiger partial charge on any atom is 0.163 e. The van der Waals surface area contributed by atoms with Gasteiger partial charge >= 0.3 is 0 Å². The number of nitrogens with one attached hydrogen (secondary N) is 1. The predicted octanol–water partition coefficient (Wildman–Crippen LogP) is 3.84. The minimum atomic E-state index is -1.34. The highest BCUT2D eigenvalue weighted by molar-refractivity contribution is 9.10. The van der Waals surface area contributed by atoms with Crippen LogP contribution < -0.4 is 4.72 Å². The molecule has 102 valence electrons. The number of hydrogen-bond acceptors (Lipinski definition) is 2. The summed E-state index contributed by atoms with van der Waals surface area (Å²) in [5, 5.41) is 0. The van der Waals surface area contributed by atoms with Gasteiger partial charge in [0.25, 0.3) is 0 Å². The van der Waals surface area contributed by atoms with Crippen molar-refractivity contribution in [2.45, 2.75) is 38.5 Å². The monoisotopic (exact) mass is 339 g/mol. The standard InChI is InChI=1S/C12H16BrF2NOS/c1-7(16-18(17)12(2,3)4)9-5-8(13)6-10(14)11(9)15/h5-7,16H,1-4H3. The summed E-state index contributed by atoms with van der Waals surface area (Å²) in [5.74, 6) is -1.83. The Morgan fingerprint density at radius 3 is 2.39 bits per heavy atom. The van der Waals surface area contributed by atoms with Crippen LogP contribution in [0.1, 0.15) is 39.3 Å². The van der Waals surface area contributed by atoms with Gasteiger partial charge in [-0.15, -0.1) is 4.72 Å². The molecule has 0 aliphatic carbocycles. The number of halogens is 3. The molecule has 2 atom stereocenters. The summed E-state index contributed by atoms with van der Waals surface area (Å²) in [6.45, 7) is 7.07. The fourth-order valence-corrected chi connectivity index (χ4v) is 2.54. The van der Waals surface area contributed by atoms with Gasteiger partial charge in [-0.1, -0.05) is 15.9 Å². The van der Waals surface area contributed by atoms with Crippen LogP contribution in [-0.4, -0.2) is 9.30 Å². The second-order valence-electron chi connectivity index (χ2n) is 5.01. The van der Waals surface area contributed by atoms with Crippen molar-refractivity contribution in [3.63, 3.8) is 0 Å². The zero-order chi connectivity index (χ0) is 14.1. The van der Waals surface area contributed by atoms with Gasteiger partial charge in [-0.2, -0.15) is 0 Å². The molecule has 18 heavy (non-hydrogen) atoms. The third kappa shape index (κ3) is 3.91. The van der Waals surface area contributed by atoms with E-state index in [1.165, 1.54) is 6.07 Å². The van der Waals surface area contributed by atoms with E-state index in [4.69, 9.17) is 0 Å². The SMILES string of the molecule is CC(N[S+]([O-])C(C)(C)C)c1cc(Br)cc(F)c1F. The van der Waals surface area contributed by atoms with Crippen LogP contribution in [0.4, 0.5) is 8.78 Å². The topological polar surface area (TPSA) is 35.1 Å². The number of hydrogen-bond donors (Lipinski definition) is 1. The van der Waals surface area contributed by atoms with E-state index in [9.17, 15) is 13.3 Å². The molecule has 0 aromatic heterocycles. The number of rotatable bonds is 3. The van der Waals surface area contributed by atoms with E-state index in [-0.39, 0.29) is 5.56 Å². The van der Waals surface area contributed by atoms with E-state index < -0.39 is 33.8 Å². The van der Waals surface area contributed by atoms with Gasteiger partial charge in [-0.3, -0.25) is 0 Å². The van der Waals surface area contributed by atoms with E-state index in [0.29, 0.717) is 4.47 Å². The summed E-state index contributed by atoms with van der Waals surface area (Å²) >= 11 is 1.77. The molecule has 0 spiro atoms. The van der Waals surface area contributed by atoms with Crippen LogP contribution >= 0.6 is 15.9 Å². The summed E-state index contributed by atoms with van der Waals surface area (Å²) in [6.07, 6.45) is 0. The first kappa shape index (κ1) is 15.9. The van der Waals surface area contributed by atoms with Crippen molar-refractivity contribution in [3.05, 3.63) is 33.8 Å². The molecule has 0 bridgehead atoms. The third-order valence-corrected chi connectivity index (χ3v) is 4.47. The highest BCUT2D eigenvalue weighted by Crippen LogP contribution is 2.26. The minimum Gasteiger partial charge on any atom is -0.598 e. The van der Waals surface area contributed by atoms with Crippen molar-refractivity contribution in [3.8, 4) is 0 Å². The fourth-order valence-electron chi connectivity index (χ4n) is 1.29. The van der Waals surface area contributed by atoms with Crippen molar-refractivity contribution in [2.24, 2.45) is 0 Å². The smallest absolute Gasteiger partial charge is 0.163 e. The Labute approximate surface area is 118 Å². The quantitative estimate of drug-likeness (QED) is 0.670. The zero-order valence-corrected chi connectivity index (χ0v) is 13.1. The molecule has 2 nitrogen and oxygen atoms in total. The van der Waals surface area contributed by atoms with Gasteiger partial charge in [0.2, 0.25) is 0 Å². The molecule has 0 aliphatic rings. The first-order valence-corrected chi connectivity index (χ1v) is 7.39. The van der Waals surface area contributed by atoms with Crippen LogP contribution in [0.5, 0.6) is 0 Å². The van der Waals surface area contributed by atoms with Crippen molar-refractivity contribution < 1.29 is 13.3 Å². The Kier molecular flexibility index (Phi) is 5.17. The van der Waals surface area contributed by atoms with Gasteiger partial charge in [0.05, 0.1) is 6.04 Å². The normalized spacial score (nSPS) is 15.6. The Morgan fingerprint density at radius 1 is 1.33 bits per heavy atom. The van der Waals surface area contributed by atoms with Crippen molar-refractivity contribution in [1.29, 1.82) is 0 Å². The number of benzene rings is 1. The molecule has 0 heterocycles. The molecule has 0 radical (unpaired) electrons. The van der Waals surface area contributed by atoms with Crippen LogP contribution in [0.15, 0.2) is 16.6 Å². The average molecular weight is 340 g/mol. The Hall–Kier alpha value is -0.170. The van der Waals surface area contributed by atoms with Gasteiger partial charge in [0.15, 0.2) is 11.6 Å². The van der Waals surface area contributed by atoms with Crippen LogP contribution in [-0.2, 0) is 11.4 Å². The van der Waals surface area contributed by atoms with Crippen LogP contribution in [0.2, 0.25) is 0 Å². The molecule has 1 aromatic carbocycles. The Balaban J connectivity index is 2.95. The second-order valence-corrected chi connectivity index (χ2v) is 7.93. The van der Waals surface area contributed by atoms with Gasteiger partial charge in [-0.05, 0) is 39.8 Å². The molecule has 6 heteroatoms. The second kappa shape index (κ2) is 5.86. The molecular weight excluding hydrogens is 324 g/mol. The van der Waals surface area contributed by atoms with Gasteiger partial charge in [0, 0.05) is 21.4 Å². The molecule has 2 unspecified atom stereocenters. The fraction of sp³-hybridized carbons (Fsp3) is 0.500. The summed E-state index contributed by atoms with van der Waals surface area (Å²) in [4.78, 5) is 0. The van der Waals surface area contributed by atoms with Crippen molar-refractivity contribution in [2.75, 3.05) is 0 Å². The van der Waals surface area contributed by atoms with Crippen molar-refractivity contribution >= 4 is 27.3 Å². The first-order chi connectivity index (χ1) is 8.12. The van der Waals surface area contributed by atoms with E-state index in [2.05, 4.69) is 20.7 Å². The van der Waals surface area contributed by atoms with Crippen LogP contribution in [0.3, 0.4) is 0 Å². The molecule has 0 amide bonds. The highest BCUT2D eigenvalue weighted by Gasteiger charge is 2.29. The van der Waals surface area contributed by atoms with Crippen LogP contribution in [0, 0.1) is 11.6 Å². The molecule has 0 saturated carbocycles. The molecule has 1 N–H and O–H groups in total. The lowest BCUT2D eigenvalue weighted by Crippen LogP contribution is -2.40. The lowest BCUT2D eigenvalue weighted by Gasteiger charge is -2.26. The molecule has 1 rings (SSSR count). The summed E-state index contributed by atoms with van der Waals surface area (Å²) in [6, 6.07) is 2.00. The van der Waals surface area contributed by atoms with E-state index in [0.717, 1.165) is 6.07 Å². The zero-order valence-electron chi connectivity index (χ0n) is 10.7. The molecule has 0 saturated heterocycles. The van der Waals surface area contributed by atoms with Gasteiger partial charge < -0.3 is 4.55 Å². The van der Waals surface area contributed by atoms with Gasteiger partial charge in [-0.25, -0.2) is 8.78 Å². The molecule has 0 fully saturated rings. The maximum absolute atomic E-state index is 13.6. The highest BCUT2D eigenvalue weighted by atomic mass is 79.9. The summed E-state index contributed by atoms with van der Waals surface area (Å²) < 4.78 is 41.6. The van der Waals surface area contributed by atoms with E-state index in [1.54, 1.807) is 27.7 Å². The van der Waals surface area contributed by atoms with Crippen molar-refractivity contribution in [1.82, 2.24) is 4.72 Å². The first-order valence-electron chi connectivity index (χ1n) is 5.45. The largest absolute Gasteiger partial charge is 0.598 e. The third-order valence-electron chi connectivity index (χ3n) is 2.33.